The van der Waals surface area contributed by atoms with Crippen molar-refractivity contribution in [1.82, 2.24) is 19.8 Å². The highest BCUT2D eigenvalue weighted by molar-refractivity contribution is 5.93. The fourth-order valence-electron chi connectivity index (χ4n) is 5.36. The molecule has 1 spiro atoms. The zero-order chi connectivity index (χ0) is 22.1. The lowest BCUT2D eigenvalue weighted by molar-refractivity contribution is -0.184. The number of hydrogen-bond donors (Lipinski definition) is 1. The van der Waals surface area contributed by atoms with Crippen LogP contribution in [-0.2, 0) is 6.54 Å². The van der Waals surface area contributed by atoms with Crippen molar-refractivity contribution in [3.8, 4) is 5.75 Å². The van der Waals surface area contributed by atoms with Crippen molar-refractivity contribution in [1.29, 1.82) is 0 Å². The standard InChI is InChI=1S/C25H26N4O3/c1-32-22-10-6-5-9-19(22)14-29-21(15-30)23(18-7-3-2-4-8-18)25(29)16-28(17-25)24(31)20-13-26-11-12-27-20/h2-13,21,23,30H,14-17H2,1H3/t21-,23-/m1/s1. The lowest BCUT2D eigenvalue weighted by atomic mass is 9.60. The first-order chi connectivity index (χ1) is 15.7. The van der Waals surface area contributed by atoms with Crippen molar-refractivity contribution >= 4 is 5.91 Å². The SMILES string of the molecule is COc1ccccc1CN1[C@H](CO)[C@@H](c2ccccc2)C12CN(C(=O)c1cnccn1)C2. The molecular weight excluding hydrogens is 404 g/mol. The highest BCUT2D eigenvalue weighted by Gasteiger charge is 2.66. The quantitative estimate of drug-likeness (QED) is 0.647. The largest absolute Gasteiger partial charge is 0.496 e. The van der Waals surface area contributed by atoms with Crippen LogP contribution in [0.15, 0.2) is 73.2 Å². The summed E-state index contributed by atoms with van der Waals surface area (Å²) in [5.41, 5.74) is 2.37. The van der Waals surface area contributed by atoms with Gasteiger partial charge in [0, 0.05) is 49.6 Å². The van der Waals surface area contributed by atoms with Crippen molar-refractivity contribution in [3.05, 3.63) is 90.0 Å². The van der Waals surface area contributed by atoms with Gasteiger partial charge >= 0.3 is 0 Å². The van der Waals surface area contributed by atoms with E-state index in [2.05, 4.69) is 33.1 Å². The molecule has 1 amide bonds. The van der Waals surface area contributed by atoms with E-state index in [0.29, 0.717) is 25.3 Å². The van der Waals surface area contributed by atoms with Crippen LogP contribution in [0.3, 0.4) is 0 Å². The molecule has 2 aliphatic rings. The first-order valence-corrected chi connectivity index (χ1v) is 10.8. The third-order valence-corrected chi connectivity index (χ3v) is 6.81. The summed E-state index contributed by atoms with van der Waals surface area (Å²) in [6, 6.07) is 18.2. The molecule has 5 rings (SSSR count). The number of hydrogen-bond acceptors (Lipinski definition) is 6. The van der Waals surface area contributed by atoms with Crippen LogP contribution in [0.5, 0.6) is 5.75 Å². The molecule has 2 atom stereocenters. The van der Waals surface area contributed by atoms with Crippen LogP contribution in [-0.4, -0.2) is 69.2 Å². The smallest absolute Gasteiger partial charge is 0.274 e. The van der Waals surface area contributed by atoms with Gasteiger partial charge in [0.1, 0.15) is 11.4 Å². The highest BCUT2D eigenvalue weighted by atomic mass is 16.5. The number of likely N-dealkylation sites (tertiary alicyclic amines) is 2. The van der Waals surface area contributed by atoms with Gasteiger partial charge in [-0.15, -0.1) is 0 Å². The molecule has 3 heterocycles. The molecule has 0 bridgehead atoms. The maximum atomic E-state index is 12.9. The number of benzene rings is 2. The number of para-hydroxylation sites is 1. The van der Waals surface area contributed by atoms with Crippen LogP contribution >= 0.6 is 0 Å². The van der Waals surface area contributed by atoms with E-state index in [-0.39, 0.29) is 30.0 Å². The maximum Gasteiger partial charge on any atom is 0.274 e. The van der Waals surface area contributed by atoms with Gasteiger partial charge in [-0.25, -0.2) is 4.98 Å². The molecule has 2 aliphatic heterocycles. The number of carbonyl (C=O) groups excluding carboxylic acids is 1. The summed E-state index contributed by atoms with van der Waals surface area (Å²) in [7, 11) is 1.67. The predicted molar refractivity (Wildman–Crippen MR) is 119 cm³/mol. The fourth-order valence-corrected chi connectivity index (χ4v) is 5.36. The van der Waals surface area contributed by atoms with Crippen LogP contribution in [0.2, 0.25) is 0 Å². The second-order valence-electron chi connectivity index (χ2n) is 8.43. The number of aliphatic hydroxyl groups excluding tert-OH is 1. The van der Waals surface area contributed by atoms with E-state index < -0.39 is 0 Å². The third kappa shape index (κ3) is 3.25. The normalized spacial score (nSPS) is 21.6. The molecule has 7 heteroatoms. The molecule has 0 unspecified atom stereocenters. The number of amides is 1. The molecule has 164 valence electrons. The summed E-state index contributed by atoms with van der Waals surface area (Å²) in [6.45, 7) is 1.85. The molecule has 0 radical (unpaired) electrons. The maximum absolute atomic E-state index is 12.9. The molecule has 2 fully saturated rings. The van der Waals surface area contributed by atoms with Gasteiger partial charge in [-0.1, -0.05) is 48.5 Å². The van der Waals surface area contributed by atoms with Crippen molar-refractivity contribution in [3.63, 3.8) is 0 Å². The molecule has 1 aromatic heterocycles. The lowest BCUT2D eigenvalue weighted by Crippen LogP contribution is -2.84. The van der Waals surface area contributed by atoms with E-state index in [4.69, 9.17) is 4.74 Å². The Hall–Kier alpha value is -3.29. The van der Waals surface area contributed by atoms with Crippen molar-refractivity contribution in [2.24, 2.45) is 0 Å². The van der Waals surface area contributed by atoms with Gasteiger partial charge in [-0.2, -0.15) is 0 Å². The summed E-state index contributed by atoms with van der Waals surface area (Å²) in [4.78, 5) is 25.3. The number of rotatable bonds is 6. The predicted octanol–water partition coefficient (Wildman–Crippen LogP) is 2.34. The minimum atomic E-state index is -0.243. The number of methoxy groups -OCH3 is 1. The third-order valence-electron chi connectivity index (χ3n) is 6.81. The number of nitrogens with zero attached hydrogens (tertiary/aromatic N) is 4. The Morgan fingerprint density at radius 3 is 2.56 bits per heavy atom. The number of aromatic nitrogens is 2. The van der Waals surface area contributed by atoms with Gasteiger partial charge in [-0.3, -0.25) is 14.7 Å². The molecular formula is C25H26N4O3. The molecule has 2 aromatic carbocycles. The first-order valence-electron chi connectivity index (χ1n) is 10.8. The summed E-state index contributed by atoms with van der Waals surface area (Å²) in [5.74, 6) is 0.851. The lowest BCUT2D eigenvalue weighted by Gasteiger charge is -2.70. The zero-order valence-electron chi connectivity index (χ0n) is 18.0. The van der Waals surface area contributed by atoms with E-state index in [9.17, 15) is 9.90 Å². The molecule has 1 N–H and O–H groups in total. The van der Waals surface area contributed by atoms with Gasteiger partial charge in [0.2, 0.25) is 0 Å². The zero-order valence-corrected chi connectivity index (χ0v) is 18.0. The molecule has 0 saturated carbocycles. The molecule has 7 nitrogen and oxygen atoms in total. The van der Waals surface area contributed by atoms with E-state index in [1.165, 1.54) is 18.0 Å². The molecule has 32 heavy (non-hydrogen) atoms. The number of ether oxygens (including phenoxy) is 1. The van der Waals surface area contributed by atoms with Crippen molar-refractivity contribution in [2.45, 2.75) is 24.0 Å². The van der Waals surface area contributed by atoms with E-state index in [0.717, 1.165) is 11.3 Å². The first kappa shape index (κ1) is 20.6. The number of aliphatic hydroxyl groups is 1. The fraction of sp³-hybridized carbons (Fsp3) is 0.320. The van der Waals surface area contributed by atoms with Crippen molar-refractivity contribution in [2.75, 3.05) is 26.8 Å². The topological polar surface area (TPSA) is 78.8 Å². The minimum absolute atomic E-state index is 0.0314. The van der Waals surface area contributed by atoms with Gasteiger partial charge in [0.25, 0.3) is 5.91 Å². The van der Waals surface area contributed by atoms with Gasteiger partial charge < -0.3 is 14.7 Å². The Morgan fingerprint density at radius 1 is 1.12 bits per heavy atom. The second-order valence-corrected chi connectivity index (χ2v) is 8.43. The average molecular weight is 431 g/mol. The van der Waals surface area contributed by atoms with Crippen LogP contribution in [0.1, 0.15) is 27.5 Å². The summed E-state index contributed by atoms with van der Waals surface area (Å²) in [5, 5.41) is 10.3. The second kappa shape index (κ2) is 8.33. The molecule has 3 aromatic rings. The van der Waals surface area contributed by atoms with Gasteiger partial charge in [0.05, 0.1) is 25.5 Å². The summed E-state index contributed by atoms with van der Waals surface area (Å²) < 4.78 is 5.56. The highest BCUT2D eigenvalue weighted by Crippen LogP contribution is 2.54. The van der Waals surface area contributed by atoms with Crippen LogP contribution in [0.25, 0.3) is 0 Å². The van der Waals surface area contributed by atoms with Gasteiger partial charge in [-0.05, 0) is 11.6 Å². The Kier molecular flexibility index (Phi) is 5.36. The Labute approximate surface area is 187 Å². The monoisotopic (exact) mass is 430 g/mol. The van der Waals surface area contributed by atoms with E-state index >= 15 is 0 Å². The molecule has 2 saturated heterocycles. The Morgan fingerprint density at radius 2 is 1.88 bits per heavy atom. The summed E-state index contributed by atoms with van der Waals surface area (Å²) in [6.07, 6.45) is 4.60. The number of carbonyl (C=O) groups is 1. The minimum Gasteiger partial charge on any atom is -0.496 e. The average Bonchev–Trinajstić information content (AvgIpc) is 2.82. The van der Waals surface area contributed by atoms with E-state index in [1.807, 2.05) is 41.3 Å². The summed E-state index contributed by atoms with van der Waals surface area (Å²) >= 11 is 0. The van der Waals surface area contributed by atoms with Crippen LogP contribution < -0.4 is 4.74 Å². The Balaban J connectivity index is 1.45. The molecule has 0 aliphatic carbocycles. The van der Waals surface area contributed by atoms with Crippen LogP contribution in [0, 0.1) is 0 Å². The van der Waals surface area contributed by atoms with Crippen LogP contribution in [0.4, 0.5) is 0 Å². The Bertz CT molecular complexity index is 1090. The van der Waals surface area contributed by atoms with Crippen molar-refractivity contribution < 1.29 is 14.6 Å². The van der Waals surface area contributed by atoms with Gasteiger partial charge in [0.15, 0.2) is 0 Å². The van der Waals surface area contributed by atoms with E-state index in [1.54, 1.807) is 13.3 Å².